The minimum absolute atomic E-state index is 0.0485. The molecule has 0 bridgehead atoms. The summed E-state index contributed by atoms with van der Waals surface area (Å²) in [6, 6.07) is 11.0. The average Bonchev–Trinajstić information content (AvgIpc) is 2.54. The molecule has 0 aliphatic carbocycles. The van der Waals surface area contributed by atoms with Crippen molar-refractivity contribution in [3.05, 3.63) is 64.2 Å². The molecule has 0 amide bonds. The van der Waals surface area contributed by atoms with Crippen LogP contribution in [0.3, 0.4) is 0 Å². The first-order valence-corrected chi connectivity index (χ1v) is 9.46. The average molecular weight is 347 g/mol. The van der Waals surface area contributed by atoms with Crippen molar-refractivity contribution in [2.75, 3.05) is 11.4 Å². The smallest absolute Gasteiger partial charge is 0.0659 e. The normalized spacial score (nSPS) is 16.0. The van der Waals surface area contributed by atoms with Gasteiger partial charge in [0.1, 0.15) is 0 Å². The van der Waals surface area contributed by atoms with Crippen LogP contribution in [0.4, 0.5) is 11.4 Å². The number of aliphatic imine (C=N–C) groups is 1. The topological polar surface area (TPSA) is 15.6 Å². The number of hydrogen-bond donors (Lipinski definition) is 0. The predicted octanol–water partition coefficient (Wildman–Crippen LogP) is 6.38. The van der Waals surface area contributed by atoms with E-state index in [9.17, 15) is 0 Å². The van der Waals surface area contributed by atoms with E-state index in [0.29, 0.717) is 0 Å². The van der Waals surface area contributed by atoms with Gasteiger partial charge in [0.05, 0.1) is 11.2 Å². The van der Waals surface area contributed by atoms with Crippen molar-refractivity contribution in [3.8, 4) is 0 Å². The van der Waals surface area contributed by atoms with Crippen LogP contribution < -0.4 is 4.90 Å². The summed E-state index contributed by atoms with van der Waals surface area (Å²) < 4.78 is 0. The molecule has 0 saturated heterocycles. The molecule has 1 heterocycles. The number of benzene rings is 2. The van der Waals surface area contributed by atoms with Crippen molar-refractivity contribution in [2.45, 2.75) is 54.0 Å². The summed E-state index contributed by atoms with van der Waals surface area (Å²) in [6.07, 6.45) is 4.38. The molecular formula is C24H30N2. The minimum atomic E-state index is 0.0485. The molecule has 0 N–H and O–H groups in total. The van der Waals surface area contributed by atoms with E-state index < -0.39 is 0 Å². The Morgan fingerprint density at radius 1 is 1.00 bits per heavy atom. The Morgan fingerprint density at radius 3 is 2.38 bits per heavy atom. The molecule has 0 unspecified atom stereocenters. The number of nitrogens with zero attached hydrogens (tertiary/aromatic N) is 2. The van der Waals surface area contributed by atoms with E-state index in [0.717, 1.165) is 12.2 Å². The molecule has 1 aliphatic rings. The molecule has 0 atom stereocenters. The molecule has 0 spiro atoms. The maximum Gasteiger partial charge on any atom is 0.0659 e. The van der Waals surface area contributed by atoms with Crippen LogP contribution in [0.15, 0.2) is 41.4 Å². The fourth-order valence-electron chi connectivity index (χ4n) is 4.05. The number of rotatable bonds is 3. The Balaban J connectivity index is 2.04. The minimum Gasteiger partial charge on any atom is -0.363 e. The second-order valence-electron chi connectivity index (χ2n) is 8.00. The Morgan fingerprint density at radius 2 is 1.73 bits per heavy atom. The molecule has 2 aromatic rings. The standard InChI is InChI=1S/C24H30N2/c1-8-26-23-12-17(3)20(13-21(23)19(5)14-24(26,6)7)15-25-22-10-9-16(2)11-18(22)4/h9-15H,8H2,1-7H3. The molecule has 0 aromatic heterocycles. The molecule has 26 heavy (non-hydrogen) atoms. The highest BCUT2D eigenvalue weighted by atomic mass is 15.2. The summed E-state index contributed by atoms with van der Waals surface area (Å²) in [5, 5.41) is 0. The van der Waals surface area contributed by atoms with Gasteiger partial charge in [-0.05, 0) is 88.9 Å². The zero-order chi connectivity index (χ0) is 19.1. The van der Waals surface area contributed by atoms with Gasteiger partial charge in [0.15, 0.2) is 0 Å². The van der Waals surface area contributed by atoms with E-state index in [-0.39, 0.29) is 5.54 Å². The fraction of sp³-hybridized carbons (Fsp3) is 0.375. The number of allylic oxidation sites excluding steroid dienone is 1. The second kappa shape index (κ2) is 6.75. The van der Waals surface area contributed by atoms with Gasteiger partial charge in [0, 0.05) is 24.0 Å². The molecular weight excluding hydrogens is 316 g/mol. The van der Waals surface area contributed by atoms with Crippen molar-refractivity contribution in [1.29, 1.82) is 0 Å². The molecule has 0 saturated carbocycles. The number of hydrogen-bond acceptors (Lipinski definition) is 2. The largest absolute Gasteiger partial charge is 0.363 e. The van der Waals surface area contributed by atoms with Gasteiger partial charge in [-0.2, -0.15) is 0 Å². The zero-order valence-corrected chi connectivity index (χ0v) is 17.1. The molecule has 2 nitrogen and oxygen atoms in total. The molecule has 0 fully saturated rings. The highest BCUT2D eigenvalue weighted by Crippen LogP contribution is 2.39. The maximum absolute atomic E-state index is 4.76. The fourth-order valence-corrected chi connectivity index (χ4v) is 4.05. The van der Waals surface area contributed by atoms with Crippen LogP contribution in [0, 0.1) is 20.8 Å². The first-order valence-electron chi connectivity index (χ1n) is 9.46. The summed E-state index contributed by atoms with van der Waals surface area (Å²) in [5.74, 6) is 0. The van der Waals surface area contributed by atoms with Crippen LogP contribution in [0.25, 0.3) is 5.57 Å². The van der Waals surface area contributed by atoms with Gasteiger partial charge in [0.2, 0.25) is 0 Å². The summed E-state index contributed by atoms with van der Waals surface area (Å²) in [7, 11) is 0. The van der Waals surface area contributed by atoms with Gasteiger partial charge in [-0.1, -0.05) is 23.8 Å². The van der Waals surface area contributed by atoms with E-state index in [1.807, 2.05) is 6.21 Å². The maximum atomic E-state index is 4.76. The van der Waals surface area contributed by atoms with E-state index in [1.54, 1.807) is 0 Å². The monoisotopic (exact) mass is 346 g/mol. The Labute approximate surface area is 158 Å². The van der Waals surface area contributed by atoms with Crippen LogP contribution in [-0.2, 0) is 0 Å². The van der Waals surface area contributed by atoms with E-state index >= 15 is 0 Å². The number of aryl methyl sites for hydroxylation is 3. The first kappa shape index (κ1) is 18.4. The van der Waals surface area contributed by atoms with Crippen LogP contribution in [0.1, 0.15) is 55.5 Å². The van der Waals surface area contributed by atoms with Gasteiger partial charge in [-0.25, -0.2) is 0 Å². The van der Waals surface area contributed by atoms with Crippen molar-refractivity contribution >= 4 is 23.2 Å². The summed E-state index contributed by atoms with van der Waals surface area (Å²) in [6.45, 7) is 16.4. The second-order valence-corrected chi connectivity index (χ2v) is 8.00. The Bertz CT molecular complexity index is 901. The van der Waals surface area contributed by atoms with E-state index in [1.165, 1.54) is 39.1 Å². The van der Waals surface area contributed by atoms with E-state index in [4.69, 9.17) is 4.99 Å². The van der Waals surface area contributed by atoms with Crippen molar-refractivity contribution < 1.29 is 0 Å². The number of likely N-dealkylation sites (N-methyl/N-ethyl adjacent to an activating group) is 1. The van der Waals surface area contributed by atoms with Crippen LogP contribution in [-0.4, -0.2) is 18.3 Å². The molecule has 2 heteroatoms. The molecule has 136 valence electrons. The predicted molar refractivity (Wildman–Crippen MR) is 115 cm³/mol. The van der Waals surface area contributed by atoms with Crippen molar-refractivity contribution in [1.82, 2.24) is 0 Å². The van der Waals surface area contributed by atoms with Gasteiger partial charge < -0.3 is 4.90 Å². The van der Waals surface area contributed by atoms with Crippen molar-refractivity contribution in [3.63, 3.8) is 0 Å². The third kappa shape index (κ3) is 3.33. The van der Waals surface area contributed by atoms with Crippen LogP contribution >= 0.6 is 0 Å². The van der Waals surface area contributed by atoms with Crippen LogP contribution in [0.2, 0.25) is 0 Å². The number of anilines is 1. The zero-order valence-electron chi connectivity index (χ0n) is 17.1. The Kier molecular flexibility index (Phi) is 4.79. The highest BCUT2D eigenvalue weighted by molar-refractivity contribution is 5.90. The third-order valence-electron chi connectivity index (χ3n) is 5.38. The van der Waals surface area contributed by atoms with Gasteiger partial charge in [-0.3, -0.25) is 4.99 Å². The molecule has 0 radical (unpaired) electrons. The molecule has 1 aliphatic heterocycles. The lowest BCUT2D eigenvalue weighted by Gasteiger charge is -2.43. The lowest BCUT2D eigenvalue weighted by atomic mass is 9.87. The molecule has 3 rings (SSSR count). The van der Waals surface area contributed by atoms with Crippen LogP contribution in [0.5, 0.6) is 0 Å². The quantitative estimate of drug-likeness (QED) is 0.588. The number of fused-ring (bicyclic) bond motifs is 1. The van der Waals surface area contributed by atoms with E-state index in [2.05, 4.69) is 89.8 Å². The van der Waals surface area contributed by atoms with Gasteiger partial charge in [0.25, 0.3) is 0 Å². The van der Waals surface area contributed by atoms with Gasteiger partial charge in [-0.15, -0.1) is 0 Å². The SMILES string of the molecule is CCN1c2cc(C)c(C=Nc3ccc(C)cc3C)cc2C(C)=CC1(C)C. The Hall–Kier alpha value is -2.35. The summed E-state index contributed by atoms with van der Waals surface area (Å²) in [5.41, 5.74) is 10.0. The van der Waals surface area contributed by atoms with Crippen molar-refractivity contribution in [2.24, 2.45) is 4.99 Å². The lowest BCUT2D eigenvalue weighted by molar-refractivity contribution is 0.566. The third-order valence-corrected chi connectivity index (χ3v) is 5.38. The molecule has 2 aromatic carbocycles. The summed E-state index contributed by atoms with van der Waals surface area (Å²) in [4.78, 5) is 7.24. The highest BCUT2D eigenvalue weighted by Gasteiger charge is 2.30. The lowest BCUT2D eigenvalue weighted by Crippen LogP contribution is -2.45. The first-order chi connectivity index (χ1) is 12.2. The summed E-state index contributed by atoms with van der Waals surface area (Å²) >= 11 is 0. The van der Waals surface area contributed by atoms with Gasteiger partial charge >= 0.3 is 0 Å².